The number of benzene rings is 1. The molecule has 1 aliphatic rings. The van der Waals surface area contributed by atoms with E-state index in [4.69, 9.17) is 9.26 Å². The van der Waals surface area contributed by atoms with Gasteiger partial charge in [0.25, 0.3) is 11.8 Å². The minimum atomic E-state index is -0.166. The molecule has 0 bridgehead atoms. The molecule has 1 aliphatic heterocycles. The van der Waals surface area contributed by atoms with Gasteiger partial charge in [-0.3, -0.25) is 9.59 Å². The summed E-state index contributed by atoms with van der Waals surface area (Å²) in [5.74, 6) is 1.08. The van der Waals surface area contributed by atoms with Crippen LogP contribution in [0.5, 0.6) is 5.75 Å². The highest BCUT2D eigenvalue weighted by molar-refractivity contribution is 5.92. The molecular weight excluding hydrogens is 334 g/mol. The van der Waals surface area contributed by atoms with Gasteiger partial charge in [0, 0.05) is 32.2 Å². The molecule has 1 fully saturated rings. The summed E-state index contributed by atoms with van der Waals surface area (Å²) < 4.78 is 10.6. The van der Waals surface area contributed by atoms with Crippen LogP contribution in [0.2, 0.25) is 0 Å². The zero-order valence-corrected chi connectivity index (χ0v) is 15.3. The fourth-order valence-corrected chi connectivity index (χ4v) is 2.98. The molecule has 0 radical (unpaired) electrons. The maximum atomic E-state index is 12.4. The molecule has 0 N–H and O–H groups in total. The Balaban J connectivity index is 1.49. The third kappa shape index (κ3) is 4.04. The summed E-state index contributed by atoms with van der Waals surface area (Å²) in [6.07, 6.45) is 0. The molecule has 1 aromatic heterocycles. The molecule has 138 valence electrons. The number of hydrogen-bond acceptors (Lipinski definition) is 5. The van der Waals surface area contributed by atoms with Crippen molar-refractivity contribution in [2.45, 2.75) is 20.8 Å². The van der Waals surface area contributed by atoms with Crippen molar-refractivity contribution in [3.05, 3.63) is 46.8 Å². The van der Waals surface area contributed by atoms with Gasteiger partial charge < -0.3 is 19.1 Å². The first-order valence-electron chi connectivity index (χ1n) is 8.64. The number of piperazine rings is 1. The van der Waals surface area contributed by atoms with Crippen LogP contribution in [0.1, 0.15) is 27.4 Å². The van der Waals surface area contributed by atoms with Crippen LogP contribution >= 0.6 is 0 Å². The zero-order valence-electron chi connectivity index (χ0n) is 15.3. The second kappa shape index (κ2) is 7.59. The van der Waals surface area contributed by atoms with Crippen molar-refractivity contribution < 1.29 is 18.8 Å². The number of hydrogen-bond donors (Lipinski definition) is 0. The number of carbonyl (C=O) groups is 2. The van der Waals surface area contributed by atoms with Crippen LogP contribution in [0.15, 0.2) is 28.8 Å². The molecule has 0 aliphatic carbocycles. The Kier molecular flexibility index (Phi) is 5.25. The van der Waals surface area contributed by atoms with E-state index >= 15 is 0 Å². The van der Waals surface area contributed by atoms with Gasteiger partial charge in [-0.25, -0.2) is 0 Å². The van der Waals surface area contributed by atoms with Gasteiger partial charge in [0.1, 0.15) is 11.5 Å². The predicted molar refractivity (Wildman–Crippen MR) is 95.1 cm³/mol. The molecule has 0 spiro atoms. The van der Waals surface area contributed by atoms with E-state index < -0.39 is 0 Å². The van der Waals surface area contributed by atoms with Crippen molar-refractivity contribution in [2.75, 3.05) is 32.8 Å². The van der Waals surface area contributed by atoms with Crippen molar-refractivity contribution in [2.24, 2.45) is 0 Å². The Morgan fingerprint density at radius 1 is 1.08 bits per heavy atom. The number of aryl methyl sites for hydroxylation is 3. The fraction of sp³-hybridized carbons (Fsp3) is 0.421. The first-order valence-corrected chi connectivity index (χ1v) is 8.64. The van der Waals surface area contributed by atoms with Crippen LogP contribution in [-0.2, 0) is 4.79 Å². The second-order valence-electron chi connectivity index (χ2n) is 6.55. The lowest BCUT2D eigenvalue weighted by Gasteiger charge is -2.34. The Bertz CT molecular complexity index is 807. The number of nitrogens with zero attached hydrogens (tertiary/aromatic N) is 3. The van der Waals surface area contributed by atoms with Gasteiger partial charge >= 0.3 is 0 Å². The van der Waals surface area contributed by atoms with E-state index in [9.17, 15) is 9.59 Å². The van der Waals surface area contributed by atoms with Crippen molar-refractivity contribution in [1.29, 1.82) is 0 Å². The largest absolute Gasteiger partial charge is 0.484 e. The normalized spacial score (nSPS) is 14.4. The van der Waals surface area contributed by atoms with Crippen LogP contribution in [0.4, 0.5) is 0 Å². The highest BCUT2D eigenvalue weighted by Crippen LogP contribution is 2.19. The predicted octanol–water partition coefficient (Wildman–Crippen LogP) is 1.96. The Hall–Kier alpha value is -2.83. The van der Waals surface area contributed by atoms with Crippen molar-refractivity contribution in [3.63, 3.8) is 0 Å². The van der Waals surface area contributed by atoms with Gasteiger partial charge in [-0.2, -0.15) is 0 Å². The van der Waals surface area contributed by atoms with E-state index in [1.54, 1.807) is 22.8 Å². The summed E-state index contributed by atoms with van der Waals surface area (Å²) in [6, 6.07) is 7.49. The molecule has 2 aromatic rings. The van der Waals surface area contributed by atoms with Gasteiger partial charge in [-0.15, -0.1) is 0 Å². The molecular formula is C19H23N3O4. The SMILES string of the molecule is Cc1ccc(OCC(=O)N2CCN(C(=O)c3cc(C)on3)CC2)c(C)c1. The number of ether oxygens (including phenoxy) is 1. The molecule has 7 heteroatoms. The van der Waals surface area contributed by atoms with E-state index in [1.807, 2.05) is 32.0 Å². The van der Waals surface area contributed by atoms with E-state index in [2.05, 4.69) is 5.16 Å². The van der Waals surface area contributed by atoms with Gasteiger partial charge in [0.05, 0.1) is 0 Å². The van der Waals surface area contributed by atoms with E-state index in [0.717, 1.165) is 16.9 Å². The van der Waals surface area contributed by atoms with Gasteiger partial charge in [0.2, 0.25) is 0 Å². The topological polar surface area (TPSA) is 75.9 Å². The second-order valence-corrected chi connectivity index (χ2v) is 6.55. The van der Waals surface area contributed by atoms with E-state index in [-0.39, 0.29) is 18.4 Å². The van der Waals surface area contributed by atoms with Crippen LogP contribution in [-0.4, -0.2) is 59.6 Å². The lowest BCUT2D eigenvalue weighted by molar-refractivity contribution is -0.134. The molecule has 0 unspecified atom stereocenters. The highest BCUT2D eigenvalue weighted by Gasteiger charge is 2.26. The Morgan fingerprint density at radius 3 is 2.38 bits per heavy atom. The molecule has 2 heterocycles. The summed E-state index contributed by atoms with van der Waals surface area (Å²) in [5.41, 5.74) is 2.47. The van der Waals surface area contributed by atoms with Crippen molar-refractivity contribution >= 4 is 11.8 Å². The summed E-state index contributed by atoms with van der Waals surface area (Å²) in [6.45, 7) is 7.64. The lowest BCUT2D eigenvalue weighted by atomic mass is 10.1. The first kappa shape index (κ1) is 18.0. The third-order valence-corrected chi connectivity index (χ3v) is 4.45. The van der Waals surface area contributed by atoms with Crippen LogP contribution in [0.25, 0.3) is 0 Å². The average molecular weight is 357 g/mol. The molecule has 1 saturated heterocycles. The number of carbonyl (C=O) groups excluding carboxylic acids is 2. The van der Waals surface area contributed by atoms with E-state index in [1.165, 1.54) is 0 Å². The molecule has 0 atom stereocenters. The zero-order chi connectivity index (χ0) is 18.7. The van der Waals surface area contributed by atoms with Crippen LogP contribution in [0.3, 0.4) is 0 Å². The molecule has 3 rings (SSSR count). The average Bonchev–Trinajstić information content (AvgIpc) is 3.06. The molecule has 7 nitrogen and oxygen atoms in total. The quantitative estimate of drug-likeness (QED) is 0.836. The number of rotatable bonds is 4. The summed E-state index contributed by atoms with van der Waals surface area (Å²) in [7, 11) is 0. The maximum absolute atomic E-state index is 12.4. The monoisotopic (exact) mass is 357 g/mol. The third-order valence-electron chi connectivity index (χ3n) is 4.45. The molecule has 26 heavy (non-hydrogen) atoms. The first-order chi connectivity index (χ1) is 12.4. The Morgan fingerprint density at radius 2 is 1.77 bits per heavy atom. The standard InChI is InChI=1S/C19H23N3O4/c1-13-4-5-17(14(2)10-13)25-12-18(23)21-6-8-22(9-7-21)19(24)16-11-15(3)26-20-16/h4-5,10-11H,6-9,12H2,1-3H3. The minimum Gasteiger partial charge on any atom is -0.484 e. The smallest absolute Gasteiger partial charge is 0.276 e. The molecule has 2 amide bonds. The number of aromatic nitrogens is 1. The van der Waals surface area contributed by atoms with Crippen molar-refractivity contribution in [3.8, 4) is 5.75 Å². The highest BCUT2D eigenvalue weighted by atomic mass is 16.5. The van der Waals surface area contributed by atoms with Gasteiger partial charge in [-0.05, 0) is 32.4 Å². The summed E-state index contributed by atoms with van der Waals surface area (Å²) in [4.78, 5) is 28.1. The number of amides is 2. The lowest BCUT2D eigenvalue weighted by Crippen LogP contribution is -2.51. The molecule has 1 aromatic carbocycles. The Labute approximate surface area is 152 Å². The fourth-order valence-electron chi connectivity index (χ4n) is 2.98. The van der Waals surface area contributed by atoms with Gasteiger partial charge in [0.15, 0.2) is 12.3 Å². The summed E-state index contributed by atoms with van der Waals surface area (Å²) in [5, 5.41) is 3.76. The minimum absolute atomic E-state index is 0.000326. The summed E-state index contributed by atoms with van der Waals surface area (Å²) >= 11 is 0. The van der Waals surface area contributed by atoms with Crippen LogP contribution < -0.4 is 4.74 Å². The van der Waals surface area contributed by atoms with Gasteiger partial charge in [-0.1, -0.05) is 22.9 Å². The molecule has 0 saturated carbocycles. The van der Waals surface area contributed by atoms with Crippen molar-refractivity contribution in [1.82, 2.24) is 15.0 Å². The maximum Gasteiger partial charge on any atom is 0.276 e. The van der Waals surface area contributed by atoms with E-state index in [0.29, 0.717) is 37.6 Å². The van der Waals surface area contributed by atoms with Crippen LogP contribution in [0, 0.1) is 20.8 Å².